The van der Waals surface area contributed by atoms with Gasteiger partial charge in [0.05, 0.1) is 11.4 Å². The molecule has 0 N–H and O–H groups in total. The Labute approximate surface area is 151 Å². The predicted octanol–water partition coefficient (Wildman–Crippen LogP) is 2.63. The molecule has 0 spiro atoms. The lowest BCUT2D eigenvalue weighted by Gasteiger charge is -2.34. The molecule has 5 nitrogen and oxygen atoms in total. The molecule has 1 aliphatic heterocycles. The largest absolute Gasteiger partial charge is 0.346 e. The fourth-order valence-corrected chi connectivity index (χ4v) is 4.36. The Morgan fingerprint density at radius 3 is 2.58 bits per heavy atom. The zero-order chi connectivity index (χ0) is 17.2. The molecule has 8 heteroatoms. The van der Waals surface area contributed by atoms with Crippen LogP contribution < -0.4 is 4.90 Å². The first-order valence-electron chi connectivity index (χ1n) is 7.78. The van der Waals surface area contributed by atoms with Gasteiger partial charge in [-0.25, -0.2) is 13.4 Å². The molecule has 130 valence electrons. The van der Waals surface area contributed by atoms with E-state index in [9.17, 15) is 8.42 Å². The van der Waals surface area contributed by atoms with Crippen LogP contribution in [0, 0.1) is 0 Å². The van der Waals surface area contributed by atoms with Crippen molar-refractivity contribution in [1.82, 2.24) is 9.88 Å². The zero-order valence-electron chi connectivity index (χ0n) is 13.5. The molecule has 0 atom stereocenters. The second kappa shape index (κ2) is 7.39. The minimum atomic E-state index is -2.90. The third kappa shape index (κ3) is 4.47. The Morgan fingerprint density at radius 1 is 1.21 bits per heavy atom. The Hall–Kier alpha value is -1.15. The predicted molar refractivity (Wildman–Crippen MR) is 101 cm³/mol. The van der Waals surface area contributed by atoms with E-state index in [0.717, 1.165) is 42.6 Å². The molecular formula is C16H20ClN3O2S2. The monoisotopic (exact) mass is 385 g/mol. The average molecular weight is 386 g/mol. The lowest BCUT2D eigenvalue weighted by atomic mass is 10.2. The number of nitrogens with zero attached hydrogens (tertiary/aromatic N) is 3. The van der Waals surface area contributed by atoms with Crippen molar-refractivity contribution in [3.63, 3.8) is 0 Å². The zero-order valence-corrected chi connectivity index (χ0v) is 15.9. The fraction of sp³-hybridized carbons (Fsp3) is 0.438. The van der Waals surface area contributed by atoms with Crippen molar-refractivity contribution in [3.8, 4) is 11.3 Å². The van der Waals surface area contributed by atoms with E-state index in [1.54, 1.807) is 11.3 Å². The van der Waals surface area contributed by atoms with Crippen molar-refractivity contribution in [2.45, 2.75) is 0 Å². The second-order valence-electron chi connectivity index (χ2n) is 5.95. The van der Waals surface area contributed by atoms with Crippen LogP contribution in [-0.2, 0) is 9.84 Å². The number of hydrogen-bond donors (Lipinski definition) is 0. The number of piperazine rings is 1. The topological polar surface area (TPSA) is 53.5 Å². The number of benzene rings is 1. The van der Waals surface area contributed by atoms with Crippen LogP contribution in [0.3, 0.4) is 0 Å². The van der Waals surface area contributed by atoms with Gasteiger partial charge in [0.25, 0.3) is 0 Å². The van der Waals surface area contributed by atoms with Gasteiger partial charge in [-0.1, -0.05) is 29.8 Å². The van der Waals surface area contributed by atoms with Crippen LogP contribution in [0.25, 0.3) is 11.3 Å². The number of thiazole rings is 1. The highest BCUT2D eigenvalue weighted by molar-refractivity contribution is 7.90. The maximum absolute atomic E-state index is 11.3. The van der Waals surface area contributed by atoms with Crippen LogP contribution in [0.5, 0.6) is 0 Å². The number of hydrogen-bond acceptors (Lipinski definition) is 6. The quantitative estimate of drug-likeness (QED) is 0.791. The highest BCUT2D eigenvalue weighted by atomic mass is 35.5. The molecule has 24 heavy (non-hydrogen) atoms. The summed E-state index contributed by atoms with van der Waals surface area (Å²) in [6, 6.07) is 7.72. The molecule has 0 unspecified atom stereocenters. The molecule has 1 fully saturated rings. The van der Waals surface area contributed by atoms with Crippen LogP contribution in [0.2, 0.25) is 5.02 Å². The van der Waals surface area contributed by atoms with Crippen molar-refractivity contribution in [1.29, 1.82) is 0 Å². The summed E-state index contributed by atoms with van der Waals surface area (Å²) in [5, 5.41) is 3.74. The molecule has 0 radical (unpaired) electrons. The van der Waals surface area contributed by atoms with E-state index >= 15 is 0 Å². The maximum atomic E-state index is 11.3. The highest BCUT2D eigenvalue weighted by Gasteiger charge is 2.20. The minimum Gasteiger partial charge on any atom is -0.346 e. The van der Waals surface area contributed by atoms with E-state index < -0.39 is 9.84 Å². The van der Waals surface area contributed by atoms with E-state index in [1.165, 1.54) is 6.26 Å². The van der Waals surface area contributed by atoms with Crippen molar-refractivity contribution in [2.24, 2.45) is 0 Å². The van der Waals surface area contributed by atoms with Crippen LogP contribution in [0.1, 0.15) is 0 Å². The molecule has 0 aliphatic carbocycles. The summed E-state index contributed by atoms with van der Waals surface area (Å²) < 4.78 is 22.5. The van der Waals surface area contributed by atoms with E-state index in [4.69, 9.17) is 16.6 Å². The normalized spacial score (nSPS) is 16.5. The number of sulfone groups is 1. The van der Waals surface area contributed by atoms with Gasteiger partial charge in [-0.05, 0) is 6.07 Å². The lowest BCUT2D eigenvalue weighted by Crippen LogP contribution is -2.47. The molecule has 3 rings (SSSR count). The SMILES string of the molecule is CS(=O)(=O)CCN1CCN(c2nc(-c3ccccc3Cl)cs2)CC1. The molecule has 1 aliphatic rings. The second-order valence-corrected chi connectivity index (χ2v) is 9.46. The van der Waals surface area contributed by atoms with Crippen molar-refractivity contribution in [3.05, 3.63) is 34.7 Å². The van der Waals surface area contributed by atoms with E-state index in [1.807, 2.05) is 29.6 Å². The maximum Gasteiger partial charge on any atom is 0.185 e. The summed E-state index contributed by atoms with van der Waals surface area (Å²) in [5.74, 6) is 0.223. The highest BCUT2D eigenvalue weighted by Crippen LogP contribution is 2.32. The Bertz CT molecular complexity index is 799. The van der Waals surface area contributed by atoms with Gasteiger partial charge >= 0.3 is 0 Å². The van der Waals surface area contributed by atoms with Crippen LogP contribution in [0.4, 0.5) is 5.13 Å². The number of halogens is 1. The summed E-state index contributed by atoms with van der Waals surface area (Å²) in [4.78, 5) is 9.17. The molecule has 1 saturated heterocycles. The fourth-order valence-electron chi connectivity index (χ4n) is 2.66. The summed E-state index contributed by atoms with van der Waals surface area (Å²) in [6.45, 7) is 4.04. The molecular weight excluding hydrogens is 366 g/mol. The van der Waals surface area contributed by atoms with Crippen LogP contribution in [0.15, 0.2) is 29.6 Å². The van der Waals surface area contributed by atoms with Crippen molar-refractivity contribution in [2.75, 3.05) is 49.6 Å². The average Bonchev–Trinajstić information content (AvgIpc) is 3.03. The molecule has 0 amide bonds. The van der Waals surface area contributed by atoms with E-state index in [2.05, 4.69) is 9.80 Å². The number of aromatic nitrogens is 1. The smallest absolute Gasteiger partial charge is 0.185 e. The Balaban J connectivity index is 1.61. The first kappa shape index (κ1) is 17.7. The molecule has 0 saturated carbocycles. The molecule has 1 aromatic carbocycles. The van der Waals surface area contributed by atoms with Gasteiger partial charge in [0.1, 0.15) is 9.84 Å². The molecule has 2 aromatic rings. The standard InChI is InChI=1S/C16H20ClN3O2S2/c1-24(21,22)11-10-19-6-8-20(9-7-19)16-18-15(12-23-16)13-4-2-3-5-14(13)17/h2-5,12H,6-11H2,1H3. The van der Waals surface area contributed by atoms with Gasteiger partial charge in [0, 0.05) is 54.9 Å². The van der Waals surface area contributed by atoms with Gasteiger partial charge in [-0.15, -0.1) is 11.3 Å². The third-order valence-electron chi connectivity index (χ3n) is 4.06. The van der Waals surface area contributed by atoms with Crippen LogP contribution >= 0.6 is 22.9 Å². The van der Waals surface area contributed by atoms with E-state index in [-0.39, 0.29) is 5.75 Å². The molecule has 2 heterocycles. The van der Waals surface area contributed by atoms with Crippen molar-refractivity contribution < 1.29 is 8.42 Å². The van der Waals surface area contributed by atoms with Gasteiger partial charge < -0.3 is 4.90 Å². The summed E-state index contributed by atoms with van der Waals surface area (Å²) in [6.07, 6.45) is 1.29. The number of anilines is 1. The third-order valence-corrected chi connectivity index (χ3v) is 6.22. The first-order valence-corrected chi connectivity index (χ1v) is 11.1. The van der Waals surface area contributed by atoms with Gasteiger partial charge in [0.15, 0.2) is 5.13 Å². The molecule has 1 aromatic heterocycles. The van der Waals surface area contributed by atoms with E-state index in [0.29, 0.717) is 11.6 Å². The summed E-state index contributed by atoms with van der Waals surface area (Å²) >= 11 is 7.86. The summed E-state index contributed by atoms with van der Waals surface area (Å²) in [7, 11) is -2.90. The first-order chi connectivity index (χ1) is 11.4. The molecule has 0 bridgehead atoms. The summed E-state index contributed by atoms with van der Waals surface area (Å²) in [5.41, 5.74) is 1.86. The van der Waals surface area contributed by atoms with Gasteiger partial charge in [-0.2, -0.15) is 0 Å². The van der Waals surface area contributed by atoms with Crippen LogP contribution in [-0.4, -0.2) is 63.0 Å². The number of rotatable bonds is 5. The lowest BCUT2D eigenvalue weighted by molar-refractivity contribution is 0.272. The Morgan fingerprint density at radius 2 is 1.92 bits per heavy atom. The van der Waals surface area contributed by atoms with Gasteiger partial charge in [0.2, 0.25) is 0 Å². The van der Waals surface area contributed by atoms with Gasteiger partial charge in [-0.3, -0.25) is 4.90 Å². The Kier molecular flexibility index (Phi) is 5.44. The van der Waals surface area contributed by atoms with Crippen molar-refractivity contribution >= 4 is 37.9 Å². The minimum absolute atomic E-state index is 0.223.